The van der Waals surface area contributed by atoms with Gasteiger partial charge >= 0.3 is 0 Å². The molecule has 0 bridgehead atoms. The fourth-order valence-electron chi connectivity index (χ4n) is 2.20. The number of sulfonamides is 1. The van der Waals surface area contributed by atoms with Crippen LogP contribution < -0.4 is 4.72 Å². The molecule has 0 unspecified atom stereocenters. The van der Waals surface area contributed by atoms with Gasteiger partial charge in [-0.1, -0.05) is 29.8 Å². The van der Waals surface area contributed by atoms with Gasteiger partial charge in [-0.3, -0.25) is 5.10 Å². The lowest BCUT2D eigenvalue weighted by Gasteiger charge is -2.06. The highest BCUT2D eigenvalue weighted by Gasteiger charge is 2.19. The van der Waals surface area contributed by atoms with Crippen LogP contribution in [-0.2, 0) is 16.6 Å². The third kappa shape index (κ3) is 3.39. The van der Waals surface area contributed by atoms with Gasteiger partial charge < -0.3 is 0 Å². The largest absolute Gasteiger partial charge is 0.282 e. The minimum absolute atomic E-state index is 0.149. The Kier molecular flexibility index (Phi) is 4.78. The zero-order chi connectivity index (χ0) is 17.3. The number of thiophene rings is 1. The van der Waals surface area contributed by atoms with E-state index in [0.29, 0.717) is 5.02 Å². The van der Waals surface area contributed by atoms with Crippen molar-refractivity contribution in [3.8, 4) is 10.6 Å². The van der Waals surface area contributed by atoms with E-state index in [4.69, 9.17) is 11.6 Å². The number of aromatic amines is 1. The summed E-state index contributed by atoms with van der Waals surface area (Å²) in [6, 6.07) is 10.5. The van der Waals surface area contributed by atoms with Crippen LogP contribution in [0.1, 0.15) is 16.8 Å². The molecule has 24 heavy (non-hydrogen) atoms. The standard InChI is InChI=1S/C16H16ClN3O2S2/c1-10-11(2)19-20-16(10)14-7-8-15(23-14)24(21,22)18-9-12-5-3-4-6-13(12)17/h3-8,18H,9H2,1-2H3,(H,19,20). The molecule has 8 heteroatoms. The van der Waals surface area contributed by atoms with Crippen LogP contribution in [0.4, 0.5) is 0 Å². The first kappa shape index (κ1) is 17.2. The van der Waals surface area contributed by atoms with Crippen molar-refractivity contribution >= 4 is 33.0 Å². The molecule has 2 heterocycles. The number of hydrogen-bond donors (Lipinski definition) is 2. The number of nitrogens with one attached hydrogen (secondary N) is 2. The minimum Gasteiger partial charge on any atom is -0.282 e. The number of hydrogen-bond acceptors (Lipinski definition) is 4. The molecular formula is C16H16ClN3O2S2. The van der Waals surface area contributed by atoms with E-state index < -0.39 is 10.0 Å². The number of aryl methyl sites for hydroxylation is 1. The number of aromatic nitrogens is 2. The number of halogens is 1. The zero-order valence-electron chi connectivity index (χ0n) is 13.1. The van der Waals surface area contributed by atoms with Crippen LogP contribution in [0.3, 0.4) is 0 Å². The molecule has 2 aromatic heterocycles. The smallest absolute Gasteiger partial charge is 0.250 e. The Labute approximate surface area is 149 Å². The topological polar surface area (TPSA) is 74.8 Å². The van der Waals surface area contributed by atoms with Crippen molar-refractivity contribution in [2.24, 2.45) is 0 Å². The monoisotopic (exact) mass is 381 g/mol. The predicted molar refractivity (Wildman–Crippen MR) is 96.9 cm³/mol. The average molecular weight is 382 g/mol. The van der Waals surface area contributed by atoms with E-state index in [9.17, 15) is 8.42 Å². The van der Waals surface area contributed by atoms with E-state index in [-0.39, 0.29) is 10.8 Å². The Morgan fingerprint density at radius 3 is 2.62 bits per heavy atom. The van der Waals surface area contributed by atoms with Crippen molar-refractivity contribution in [1.82, 2.24) is 14.9 Å². The number of rotatable bonds is 5. The molecule has 0 saturated carbocycles. The van der Waals surface area contributed by atoms with E-state index in [1.165, 1.54) is 11.3 Å². The lowest BCUT2D eigenvalue weighted by Crippen LogP contribution is -2.22. The summed E-state index contributed by atoms with van der Waals surface area (Å²) in [4.78, 5) is 0.815. The summed E-state index contributed by atoms with van der Waals surface area (Å²) >= 11 is 7.25. The van der Waals surface area contributed by atoms with Gasteiger partial charge in [0.1, 0.15) is 9.90 Å². The maximum absolute atomic E-state index is 12.5. The van der Waals surface area contributed by atoms with Crippen molar-refractivity contribution in [3.63, 3.8) is 0 Å². The molecule has 2 N–H and O–H groups in total. The summed E-state index contributed by atoms with van der Waals surface area (Å²) in [6.45, 7) is 4.04. The quantitative estimate of drug-likeness (QED) is 0.704. The van der Waals surface area contributed by atoms with Crippen LogP contribution in [0.2, 0.25) is 5.02 Å². The third-order valence-corrected chi connectivity index (χ3v) is 7.10. The lowest BCUT2D eigenvalue weighted by atomic mass is 10.2. The third-order valence-electron chi connectivity index (χ3n) is 3.74. The predicted octanol–water partition coefficient (Wildman–Crippen LogP) is 3.89. The van der Waals surface area contributed by atoms with Crippen molar-refractivity contribution in [2.45, 2.75) is 24.6 Å². The van der Waals surface area contributed by atoms with E-state index in [1.807, 2.05) is 19.9 Å². The molecular weight excluding hydrogens is 366 g/mol. The second-order valence-electron chi connectivity index (χ2n) is 5.36. The molecule has 3 rings (SSSR count). The summed E-state index contributed by atoms with van der Waals surface area (Å²) < 4.78 is 27.8. The highest BCUT2D eigenvalue weighted by Crippen LogP contribution is 2.32. The van der Waals surface area contributed by atoms with Crippen molar-refractivity contribution in [3.05, 3.63) is 58.2 Å². The zero-order valence-corrected chi connectivity index (χ0v) is 15.5. The van der Waals surface area contributed by atoms with Gasteiger partial charge in [-0.2, -0.15) is 5.10 Å². The molecule has 5 nitrogen and oxygen atoms in total. The molecule has 126 valence electrons. The van der Waals surface area contributed by atoms with E-state index in [1.54, 1.807) is 30.3 Å². The van der Waals surface area contributed by atoms with Gasteiger partial charge in [0.05, 0.1) is 4.88 Å². The number of H-pyrrole nitrogens is 1. The SMILES string of the molecule is Cc1[nH]nc(-c2ccc(S(=O)(=O)NCc3ccccc3Cl)s2)c1C. The molecule has 0 radical (unpaired) electrons. The molecule has 0 aliphatic heterocycles. The second kappa shape index (κ2) is 6.68. The molecule has 0 saturated heterocycles. The van der Waals surface area contributed by atoms with Crippen LogP contribution in [0.25, 0.3) is 10.6 Å². The molecule has 1 aromatic carbocycles. The summed E-state index contributed by atoms with van der Waals surface area (Å²) in [5, 5.41) is 7.69. The molecule has 0 aliphatic carbocycles. The Hall–Kier alpha value is -1.67. The van der Waals surface area contributed by atoms with Gasteiger partial charge in [0, 0.05) is 17.3 Å². The summed E-state index contributed by atoms with van der Waals surface area (Å²) in [5.41, 5.74) is 3.51. The van der Waals surface area contributed by atoms with Crippen LogP contribution in [0.5, 0.6) is 0 Å². The average Bonchev–Trinajstić information content (AvgIpc) is 3.15. The van der Waals surface area contributed by atoms with Crippen molar-refractivity contribution < 1.29 is 8.42 Å². The molecule has 3 aromatic rings. The highest BCUT2D eigenvalue weighted by molar-refractivity contribution is 7.91. The van der Waals surface area contributed by atoms with Gasteiger partial charge in [-0.25, -0.2) is 13.1 Å². The fourth-order valence-corrected chi connectivity index (χ4v) is 4.81. The number of benzene rings is 1. The molecule has 0 atom stereocenters. The Morgan fingerprint density at radius 2 is 1.96 bits per heavy atom. The number of nitrogens with zero attached hydrogens (tertiary/aromatic N) is 1. The van der Waals surface area contributed by atoms with Crippen LogP contribution in [0, 0.1) is 13.8 Å². The van der Waals surface area contributed by atoms with Crippen LogP contribution >= 0.6 is 22.9 Å². The maximum atomic E-state index is 12.5. The highest BCUT2D eigenvalue weighted by atomic mass is 35.5. The van der Waals surface area contributed by atoms with Gasteiger partial charge in [0.25, 0.3) is 0 Å². The summed E-state index contributed by atoms with van der Waals surface area (Å²) in [5.74, 6) is 0. The van der Waals surface area contributed by atoms with Gasteiger partial charge in [-0.15, -0.1) is 11.3 Å². The fraction of sp³-hybridized carbons (Fsp3) is 0.188. The van der Waals surface area contributed by atoms with Gasteiger partial charge in [0.2, 0.25) is 10.0 Å². The minimum atomic E-state index is -3.60. The second-order valence-corrected chi connectivity index (χ2v) is 8.84. The first-order valence-electron chi connectivity index (χ1n) is 7.23. The Bertz CT molecular complexity index is 977. The van der Waals surface area contributed by atoms with E-state index >= 15 is 0 Å². The van der Waals surface area contributed by atoms with E-state index in [0.717, 1.165) is 27.4 Å². The van der Waals surface area contributed by atoms with E-state index in [2.05, 4.69) is 14.9 Å². The van der Waals surface area contributed by atoms with Crippen LogP contribution in [-0.4, -0.2) is 18.6 Å². The maximum Gasteiger partial charge on any atom is 0.250 e. The van der Waals surface area contributed by atoms with Crippen molar-refractivity contribution in [1.29, 1.82) is 0 Å². The first-order valence-corrected chi connectivity index (χ1v) is 9.91. The summed E-state index contributed by atoms with van der Waals surface area (Å²) in [6.07, 6.45) is 0. The molecule has 0 amide bonds. The summed E-state index contributed by atoms with van der Waals surface area (Å²) in [7, 11) is -3.60. The van der Waals surface area contributed by atoms with Gasteiger partial charge in [-0.05, 0) is 43.2 Å². The van der Waals surface area contributed by atoms with Gasteiger partial charge in [0.15, 0.2) is 0 Å². The molecule has 0 fully saturated rings. The molecule has 0 aliphatic rings. The Morgan fingerprint density at radius 1 is 1.21 bits per heavy atom. The molecule has 0 spiro atoms. The Balaban J connectivity index is 1.81. The lowest BCUT2D eigenvalue weighted by molar-refractivity contribution is 0.583. The first-order chi connectivity index (χ1) is 11.4. The van der Waals surface area contributed by atoms with Crippen LogP contribution in [0.15, 0.2) is 40.6 Å². The van der Waals surface area contributed by atoms with Crippen molar-refractivity contribution in [2.75, 3.05) is 0 Å². The normalized spacial score (nSPS) is 11.8.